The molecular weight excluding hydrogens is 406 g/mol. The van der Waals surface area contributed by atoms with Gasteiger partial charge in [0.25, 0.3) is 0 Å². The van der Waals surface area contributed by atoms with Crippen LogP contribution in [0.3, 0.4) is 0 Å². The highest BCUT2D eigenvalue weighted by atomic mass is 16.6. The fourth-order valence-corrected chi connectivity index (χ4v) is 7.69. The van der Waals surface area contributed by atoms with Crippen molar-refractivity contribution in [3.05, 3.63) is 46.8 Å². The number of nitrogens with zero attached hydrogens (tertiary/aromatic N) is 1. The summed E-state index contributed by atoms with van der Waals surface area (Å²) < 4.78 is 17.7. The average molecular weight is 440 g/mol. The Kier molecular flexibility index (Phi) is 4.32. The lowest BCUT2D eigenvalue weighted by Gasteiger charge is -2.63. The molecule has 1 aliphatic carbocycles. The standard InChI is InChI=1S/C26H33NO5/c1-5-26(29)12-9-17-16-8-11-25(10-6-7-19(26)27(17)25)20-14(2)22(31-18(20)13-16)23-21(30-4)15(3)24(28)32-23/h8,11,13-14,16-17,19-20,29H,5-7,9-10,12H2,1-4H3. The minimum Gasteiger partial charge on any atom is -0.492 e. The Morgan fingerprint density at radius 1 is 1.28 bits per heavy atom. The highest BCUT2D eigenvalue weighted by molar-refractivity contribution is 5.93. The Bertz CT molecular complexity index is 1010. The molecule has 172 valence electrons. The van der Waals surface area contributed by atoms with Crippen LogP contribution in [-0.2, 0) is 19.0 Å². The third kappa shape index (κ3) is 2.40. The van der Waals surface area contributed by atoms with Gasteiger partial charge in [0.1, 0.15) is 5.76 Å². The van der Waals surface area contributed by atoms with Crippen LogP contribution in [0.5, 0.6) is 0 Å². The monoisotopic (exact) mass is 439 g/mol. The van der Waals surface area contributed by atoms with Crippen molar-refractivity contribution >= 4 is 5.97 Å². The summed E-state index contributed by atoms with van der Waals surface area (Å²) in [6, 6.07) is 0.577. The average Bonchev–Trinajstić information content (AvgIpc) is 3.16. The van der Waals surface area contributed by atoms with Crippen molar-refractivity contribution in [2.45, 2.75) is 82.5 Å². The van der Waals surface area contributed by atoms with Gasteiger partial charge in [-0.2, -0.15) is 0 Å². The zero-order valence-corrected chi connectivity index (χ0v) is 19.4. The number of methoxy groups -OCH3 is 1. The smallest absolute Gasteiger partial charge is 0.343 e. The first-order valence-electron chi connectivity index (χ1n) is 12.2. The summed E-state index contributed by atoms with van der Waals surface area (Å²) >= 11 is 0. The van der Waals surface area contributed by atoms with E-state index in [-0.39, 0.29) is 35.3 Å². The van der Waals surface area contributed by atoms with E-state index >= 15 is 0 Å². The molecule has 0 radical (unpaired) electrons. The second-order valence-corrected chi connectivity index (χ2v) is 10.5. The molecule has 0 aromatic rings. The van der Waals surface area contributed by atoms with Crippen molar-refractivity contribution in [3.63, 3.8) is 0 Å². The Hall–Kier alpha value is -2.05. The van der Waals surface area contributed by atoms with Gasteiger partial charge < -0.3 is 19.3 Å². The number of aliphatic hydroxyl groups is 1. The van der Waals surface area contributed by atoms with Crippen LogP contribution in [0.4, 0.5) is 0 Å². The molecule has 7 atom stereocenters. The molecule has 32 heavy (non-hydrogen) atoms. The Morgan fingerprint density at radius 3 is 2.84 bits per heavy atom. The minimum absolute atomic E-state index is 0.0256. The zero-order chi connectivity index (χ0) is 22.4. The highest BCUT2D eigenvalue weighted by Gasteiger charge is 2.64. The van der Waals surface area contributed by atoms with Crippen LogP contribution in [0.1, 0.15) is 59.3 Å². The number of carbonyl (C=O) groups is 1. The number of hydrogen-bond acceptors (Lipinski definition) is 6. The fraction of sp³-hybridized carbons (Fsp3) is 0.654. The summed E-state index contributed by atoms with van der Waals surface area (Å²) in [4.78, 5) is 15.0. The number of rotatable bonds is 2. The number of piperidine rings is 2. The number of hydrogen-bond donors (Lipinski definition) is 1. The maximum absolute atomic E-state index is 12.3. The van der Waals surface area contributed by atoms with E-state index in [9.17, 15) is 9.90 Å². The van der Waals surface area contributed by atoms with Crippen molar-refractivity contribution < 1.29 is 24.1 Å². The van der Waals surface area contributed by atoms with E-state index in [4.69, 9.17) is 14.2 Å². The lowest BCUT2D eigenvalue weighted by molar-refractivity contribution is -0.169. The van der Waals surface area contributed by atoms with Crippen LogP contribution >= 0.6 is 0 Å². The molecule has 7 unspecified atom stereocenters. The third-order valence-corrected chi connectivity index (χ3v) is 9.20. The van der Waals surface area contributed by atoms with E-state index in [1.165, 1.54) is 0 Å². The van der Waals surface area contributed by atoms with E-state index in [0.717, 1.165) is 44.3 Å². The zero-order valence-electron chi connectivity index (χ0n) is 19.4. The van der Waals surface area contributed by atoms with Crippen molar-refractivity contribution in [3.8, 4) is 0 Å². The van der Waals surface area contributed by atoms with Gasteiger partial charge >= 0.3 is 5.97 Å². The lowest BCUT2D eigenvalue weighted by Crippen LogP contribution is -2.72. The molecule has 6 heterocycles. The van der Waals surface area contributed by atoms with Crippen LogP contribution in [0.25, 0.3) is 0 Å². The first-order valence-corrected chi connectivity index (χ1v) is 12.2. The maximum Gasteiger partial charge on any atom is 0.343 e. The molecule has 6 heteroatoms. The SMILES string of the molecule is CCC1(O)CCC2C3C=CC4(CCCC1N24)C1C(=C3)OC(=C2OC(=O)C(C)=C2OC)C1C. The summed E-state index contributed by atoms with van der Waals surface area (Å²) in [7, 11) is 1.57. The summed E-state index contributed by atoms with van der Waals surface area (Å²) in [6.45, 7) is 6.03. The molecule has 1 spiro atoms. The molecule has 2 bridgehead atoms. The number of ether oxygens (including phenoxy) is 3. The van der Waals surface area contributed by atoms with Crippen molar-refractivity contribution in [1.82, 2.24) is 4.90 Å². The summed E-state index contributed by atoms with van der Waals surface area (Å²) in [5, 5.41) is 11.6. The molecule has 3 fully saturated rings. The van der Waals surface area contributed by atoms with E-state index < -0.39 is 5.60 Å². The molecule has 0 saturated carbocycles. The number of esters is 1. The predicted octanol–water partition coefficient (Wildman–Crippen LogP) is 3.94. The molecular formula is C26H33NO5. The Morgan fingerprint density at radius 2 is 2.09 bits per heavy atom. The minimum atomic E-state index is -0.629. The maximum atomic E-state index is 12.3. The molecule has 6 nitrogen and oxygen atoms in total. The molecule has 0 aromatic carbocycles. The topological polar surface area (TPSA) is 68.2 Å². The van der Waals surface area contributed by atoms with Crippen molar-refractivity contribution in [2.24, 2.45) is 17.8 Å². The second kappa shape index (κ2) is 6.73. The highest BCUT2D eigenvalue weighted by Crippen LogP contribution is 2.60. The normalized spacial score (nSPS) is 47.0. The van der Waals surface area contributed by atoms with E-state index in [1.54, 1.807) is 14.0 Å². The van der Waals surface area contributed by atoms with Crippen LogP contribution in [0, 0.1) is 17.8 Å². The summed E-state index contributed by atoms with van der Waals surface area (Å²) in [5.74, 6) is 2.63. The molecule has 3 saturated heterocycles. The summed E-state index contributed by atoms with van der Waals surface area (Å²) in [6.07, 6.45) is 12.9. The number of carbonyl (C=O) groups excluding carboxylic acids is 1. The Labute approximate surface area is 189 Å². The lowest BCUT2D eigenvalue weighted by atomic mass is 9.62. The van der Waals surface area contributed by atoms with Gasteiger partial charge in [-0.05, 0) is 51.5 Å². The third-order valence-electron chi connectivity index (χ3n) is 9.20. The van der Waals surface area contributed by atoms with Gasteiger partial charge in [-0.15, -0.1) is 0 Å². The number of cyclic esters (lactones) is 1. The first-order chi connectivity index (χ1) is 15.3. The molecule has 1 N–H and O–H groups in total. The Balaban J connectivity index is 1.49. The summed E-state index contributed by atoms with van der Waals surface area (Å²) in [5.41, 5.74) is -0.337. The van der Waals surface area contributed by atoms with Crippen LogP contribution < -0.4 is 0 Å². The van der Waals surface area contributed by atoms with Gasteiger partial charge in [-0.1, -0.05) is 26.0 Å². The van der Waals surface area contributed by atoms with Gasteiger partial charge in [-0.3, -0.25) is 4.90 Å². The molecule has 0 aromatic heterocycles. The molecule has 0 amide bonds. The quantitative estimate of drug-likeness (QED) is 0.519. The van der Waals surface area contributed by atoms with E-state index in [1.807, 2.05) is 0 Å². The fourth-order valence-electron chi connectivity index (χ4n) is 7.69. The van der Waals surface area contributed by atoms with Crippen LogP contribution in [0.2, 0.25) is 0 Å². The van der Waals surface area contributed by atoms with Gasteiger partial charge in [0, 0.05) is 29.8 Å². The van der Waals surface area contributed by atoms with Gasteiger partial charge in [0.05, 0.1) is 23.8 Å². The molecule has 6 aliphatic heterocycles. The van der Waals surface area contributed by atoms with Crippen molar-refractivity contribution in [2.75, 3.05) is 7.11 Å². The number of allylic oxidation sites excluding steroid dienone is 1. The molecule has 7 rings (SSSR count). The van der Waals surface area contributed by atoms with Crippen molar-refractivity contribution in [1.29, 1.82) is 0 Å². The van der Waals surface area contributed by atoms with E-state index in [0.29, 0.717) is 28.9 Å². The second-order valence-electron chi connectivity index (χ2n) is 10.5. The van der Waals surface area contributed by atoms with Crippen LogP contribution in [-0.4, -0.2) is 46.3 Å². The van der Waals surface area contributed by atoms with E-state index in [2.05, 4.69) is 37.0 Å². The largest absolute Gasteiger partial charge is 0.492 e. The van der Waals surface area contributed by atoms with Crippen LogP contribution in [0.15, 0.2) is 46.8 Å². The van der Waals surface area contributed by atoms with Gasteiger partial charge in [0.15, 0.2) is 11.5 Å². The first kappa shape index (κ1) is 20.5. The van der Waals surface area contributed by atoms with Gasteiger partial charge in [0.2, 0.25) is 5.76 Å². The molecule has 7 aliphatic rings. The predicted molar refractivity (Wildman–Crippen MR) is 118 cm³/mol. The van der Waals surface area contributed by atoms with Gasteiger partial charge in [-0.25, -0.2) is 4.79 Å².